The van der Waals surface area contributed by atoms with Crippen molar-refractivity contribution >= 4 is 0 Å². The molecule has 12 rings (SSSR count). The Morgan fingerprint density at radius 3 is 1.30 bits per heavy atom. The summed E-state index contributed by atoms with van der Waals surface area (Å²) in [6, 6.07) is 86.6. The number of pyridine rings is 1. The number of fused-ring (bicyclic) bond motifs is 3. The molecule has 2 heterocycles. The van der Waals surface area contributed by atoms with Crippen LogP contribution in [0, 0.1) is 0 Å². The predicted molar refractivity (Wildman–Crippen MR) is 273 cm³/mol. The highest BCUT2D eigenvalue weighted by Crippen LogP contribution is 2.58. The van der Waals surface area contributed by atoms with Crippen LogP contribution in [0.15, 0.2) is 255 Å². The van der Waals surface area contributed by atoms with Gasteiger partial charge in [0.25, 0.3) is 0 Å². The van der Waals surface area contributed by atoms with Crippen molar-refractivity contribution < 1.29 is 0 Å². The van der Waals surface area contributed by atoms with Crippen LogP contribution in [0.25, 0.3) is 89.8 Å². The summed E-state index contributed by atoms with van der Waals surface area (Å²) in [5, 5.41) is 0. The largest absolute Gasteiger partial charge is 0.264 e. The molecule has 2 aromatic heterocycles. The van der Waals surface area contributed by atoms with Gasteiger partial charge in [-0.15, -0.1) is 0 Å². The molecule has 0 N–H and O–H groups in total. The zero-order valence-electron chi connectivity index (χ0n) is 36.5. The Morgan fingerprint density at radius 1 is 0.269 bits per heavy atom. The standard InChI is InChI=1S/C63H42N4/c1-4-17-44(18-5-1)60-65-61(45-36-34-43(35-37-45)52-25-16-38-64-42-52)67-62(66-60)51-24-14-22-49(41-51)47-20-12-19-46(39-47)48-21-13-23-50(40-48)55-31-15-33-58-59(55)56-30-10-11-32-57(56)63(58,53-26-6-2-7-27-53)54-28-8-3-9-29-54/h1-42H. The normalized spacial score (nSPS) is 12.3. The maximum Gasteiger partial charge on any atom is 0.164 e. The molecule has 4 heteroatoms. The molecule has 0 atom stereocenters. The Labute approximate surface area is 390 Å². The van der Waals surface area contributed by atoms with E-state index in [2.05, 4.69) is 211 Å². The first-order valence-electron chi connectivity index (χ1n) is 22.7. The van der Waals surface area contributed by atoms with Crippen LogP contribution in [0.2, 0.25) is 0 Å². The first kappa shape index (κ1) is 39.7. The van der Waals surface area contributed by atoms with E-state index in [0.29, 0.717) is 17.5 Å². The van der Waals surface area contributed by atoms with Crippen LogP contribution in [0.1, 0.15) is 22.3 Å². The van der Waals surface area contributed by atoms with Gasteiger partial charge in [0, 0.05) is 29.1 Å². The molecular weight excluding hydrogens is 813 g/mol. The number of nitrogens with zero attached hydrogens (tertiary/aromatic N) is 4. The van der Waals surface area contributed by atoms with E-state index in [1.807, 2.05) is 42.6 Å². The van der Waals surface area contributed by atoms with Gasteiger partial charge in [0.2, 0.25) is 0 Å². The van der Waals surface area contributed by atoms with Gasteiger partial charge in [-0.25, -0.2) is 15.0 Å². The summed E-state index contributed by atoms with van der Waals surface area (Å²) in [6.07, 6.45) is 3.66. The molecule has 1 aliphatic rings. The Hall–Kier alpha value is -8.86. The fraction of sp³-hybridized carbons (Fsp3) is 0.0159. The molecule has 0 saturated heterocycles. The highest BCUT2D eigenvalue weighted by Gasteiger charge is 2.46. The molecule has 1 aliphatic carbocycles. The van der Waals surface area contributed by atoms with Gasteiger partial charge >= 0.3 is 0 Å². The minimum Gasteiger partial charge on any atom is -0.264 e. The summed E-state index contributed by atoms with van der Waals surface area (Å²) >= 11 is 0. The van der Waals surface area contributed by atoms with Crippen LogP contribution >= 0.6 is 0 Å². The Balaban J connectivity index is 0.916. The van der Waals surface area contributed by atoms with Crippen LogP contribution in [-0.4, -0.2) is 19.9 Å². The number of rotatable bonds is 9. The molecule has 0 spiro atoms. The van der Waals surface area contributed by atoms with Crippen LogP contribution in [0.3, 0.4) is 0 Å². The van der Waals surface area contributed by atoms with Crippen molar-refractivity contribution in [2.75, 3.05) is 0 Å². The predicted octanol–water partition coefficient (Wildman–Crippen LogP) is 15.3. The first-order chi connectivity index (χ1) is 33.2. The van der Waals surface area contributed by atoms with E-state index < -0.39 is 5.41 Å². The third-order valence-electron chi connectivity index (χ3n) is 13.1. The molecular formula is C63H42N4. The van der Waals surface area contributed by atoms with E-state index in [9.17, 15) is 0 Å². The topological polar surface area (TPSA) is 51.6 Å². The van der Waals surface area contributed by atoms with E-state index in [-0.39, 0.29) is 0 Å². The molecule has 0 aliphatic heterocycles. The van der Waals surface area contributed by atoms with Crippen molar-refractivity contribution in [3.63, 3.8) is 0 Å². The SMILES string of the molecule is c1ccc(-c2nc(-c3ccc(-c4cccnc4)cc3)nc(-c3cccc(-c4cccc(-c5cccc(-c6cccc7c6-c6ccccc6C7(c6ccccc6)c6ccccc6)c5)c4)c3)n2)cc1. The van der Waals surface area contributed by atoms with Gasteiger partial charge in [-0.3, -0.25) is 4.98 Å². The van der Waals surface area contributed by atoms with Gasteiger partial charge < -0.3 is 0 Å². The lowest BCUT2D eigenvalue weighted by Gasteiger charge is -2.34. The summed E-state index contributed by atoms with van der Waals surface area (Å²) in [4.78, 5) is 19.4. The smallest absolute Gasteiger partial charge is 0.164 e. The summed E-state index contributed by atoms with van der Waals surface area (Å²) in [5.74, 6) is 1.86. The molecule has 0 unspecified atom stereocenters. The minimum absolute atomic E-state index is 0.455. The molecule has 0 amide bonds. The van der Waals surface area contributed by atoms with Gasteiger partial charge in [-0.2, -0.15) is 0 Å². The molecule has 11 aromatic rings. The molecule has 0 radical (unpaired) electrons. The van der Waals surface area contributed by atoms with Crippen molar-refractivity contribution in [3.8, 4) is 89.8 Å². The first-order valence-corrected chi connectivity index (χ1v) is 22.7. The summed E-state index contributed by atoms with van der Waals surface area (Å²) in [5.41, 5.74) is 19.0. The van der Waals surface area contributed by atoms with Gasteiger partial charge in [0.15, 0.2) is 17.5 Å². The average molecular weight is 855 g/mol. The van der Waals surface area contributed by atoms with Crippen molar-refractivity contribution in [2.45, 2.75) is 5.41 Å². The van der Waals surface area contributed by atoms with Gasteiger partial charge in [-0.1, -0.05) is 218 Å². The van der Waals surface area contributed by atoms with Crippen molar-refractivity contribution in [3.05, 3.63) is 277 Å². The van der Waals surface area contributed by atoms with Crippen molar-refractivity contribution in [2.24, 2.45) is 0 Å². The van der Waals surface area contributed by atoms with Crippen LogP contribution < -0.4 is 0 Å². The second-order valence-corrected chi connectivity index (χ2v) is 17.0. The van der Waals surface area contributed by atoms with E-state index in [0.717, 1.165) is 50.1 Å². The number of benzene rings is 9. The zero-order valence-corrected chi connectivity index (χ0v) is 36.5. The fourth-order valence-corrected chi connectivity index (χ4v) is 10.0. The molecule has 67 heavy (non-hydrogen) atoms. The third-order valence-corrected chi connectivity index (χ3v) is 13.1. The summed E-state index contributed by atoms with van der Waals surface area (Å²) in [7, 11) is 0. The average Bonchev–Trinajstić information content (AvgIpc) is 3.73. The lowest BCUT2D eigenvalue weighted by atomic mass is 9.67. The highest BCUT2D eigenvalue weighted by atomic mass is 15.0. The Morgan fingerprint density at radius 2 is 0.687 bits per heavy atom. The molecule has 0 fully saturated rings. The summed E-state index contributed by atoms with van der Waals surface area (Å²) in [6.45, 7) is 0. The van der Waals surface area contributed by atoms with E-state index in [1.165, 1.54) is 44.5 Å². The second kappa shape index (κ2) is 16.9. The number of aromatic nitrogens is 4. The lowest BCUT2D eigenvalue weighted by molar-refractivity contribution is 0.768. The summed E-state index contributed by atoms with van der Waals surface area (Å²) < 4.78 is 0. The fourth-order valence-electron chi connectivity index (χ4n) is 10.0. The van der Waals surface area contributed by atoms with Crippen molar-refractivity contribution in [1.82, 2.24) is 19.9 Å². The molecule has 9 aromatic carbocycles. The maximum absolute atomic E-state index is 5.09. The number of hydrogen-bond acceptors (Lipinski definition) is 4. The quantitative estimate of drug-likeness (QED) is 0.145. The van der Waals surface area contributed by atoms with E-state index >= 15 is 0 Å². The van der Waals surface area contributed by atoms with E-state index in [1.54, 1.807) is 6.20 Å². The maximum atomic E-state index is 5.09. The van der Waals surface area contributed by atoms with Crippen LogP contribution in [0.4, 0.5) is 0 Å². The van der Waals surface area contributed by atoms with Gasteiger partial charge in [0.05, 0.1) is 5.41 Å². The molecule has 0 bridgehead atoms. The monoisotopic (exact) mass is 854 g/mol. The Kier molecular flexibility index (Phi) is 10.0. The van der Waals surface area contributed by atoms with E-state index in [4.69, 9.17) is 15.0 Å². The van der Waals surface area contributed by atoms with Gasteiger partial charge in [-0.05, 0) is 102 Å². The molecule has 0 saturated carbocycles. The molecule has 4 nitrogen and oxygen atoms in total. The van der Waals surface area contributed by atoms with Gasteiger partial charge in [0.1, 0.15) is 0 Å². The highest BCUT2D eigenvalue weighted by molar-refractivity contribution is 5.96. The zero-order chi connectivity index (χ0) is 44.6. The minimum atomic E-state index is -0.455. The van der Waals surface area contributed by atoms with Crippen molar-refractivity contribution in [1.29, 1.82) is 0 Å². The third kappa shape index (κ3) is 7.13. The lowest BCUT2D eigenvalue weighted by Crippen LogP contribution is -2.28. The van der Waals surface area contributed by atoms with Crippen LogP contribution in [-0.2, 0) is 5.41 Å². The van der Waals surface area contributed by atoms with Crippen LogP contribution in [0.5, 0.6) is 0 Å². The second-order valence-electron chi connectivity index (χ2n) is 17.0. The number of hydrogen-bond donors (Lipinski definition) is 0. The Bertz CT molecular complexity index is 3510. The molecule has 314 valence electrons.